The van der Waals surface area contributed by atoms with Crippen LogP contribution < -0.4 is 10.2 Å². The SMILES string of the molecule is O=C(CCN(Cc1ccco1)c1nc(Cc2ccc(F)cc2)ns1)Nc1ccc(F)cc1. The van der Waals surface area contributed by atoms with Gasteiger partial charge in [-0.2, -0.15) is 4.37 Å². The van der Waals surface area contributed by atoms with Crippen LogP contribution in [0.1, 0.15) is 23.6 Å². The molecule has 2 aromatic heterocycles. The topological polar surface area (TPSA) is 71.3 Å². The first-order valence-corrected chi connectivity index (χ1v) is 10.7. The highest BCUT2D eigenvalue weighted by Gasteiger charge is 2.16. The lowest BCUT2D eigenvalue weighted by molar-refractivity contribution is -0.116. The molecular formula is C23H20F2N4O2S. The summed E-state index contributed by atoms with van der Waals surface area (Å²) >= 11 is 1.23. The Hall–Kier alpha value is -3.59. The number of nitrogens with one attached hydrogen (secondary N) is 1. The highest BCUT2D eigenvalue weighted by Crippen LogP contribution is 2.22. The van der Waals surface area contributed by atoms with Crippen LogP contribution in [0, 0.1) is 11.6 Å². The van der Waals surface area contributed by atoms with E-state index in [0.29, 0.717) is 36.2 Å². The summed E-state index contributed by atoms with van der Waals surface area (Å²) in [7, 11) is 0. The van der Waals surface area contributed by atoms with Gasteiger partial charge in [0, 0.05) is 36.6 Å². The van der Waals surface area contributed by atoms with Gasteiger partial charge in [0.2, 0.25) is 11.0 Å². The van der Waals surface area contributed by atoms with Gasteiger partial charge in [0.25, 0.3) is 0 Å². The van der Waals surface area contributed by atoms with E-state index in [4.69, 9.17) is 4.42 Å². The number of rotatable bonds is 9. The molecule has 0 saturated heterocycles. The van der Waals surface area contributed by atoms with Crippen LogP contribution in [0.25, 0.3) is 0 Å². The Bertz CT molecular complexity index is 1150. The largest absolute Gasteiger partial charge is 0.467 e. The molecule has 9 heteroatoms. The molecule has 2 heterocycles. The second-order valence-corrected chi connectivity index (χ2v) is 7.83. The average Bonchev–Trinajstić information content (AvgIpc) is 3.46. The van der Waals surface area contributed by atoms with Gasteiger partial charge < -0.3 is 14.6 Å². The Labute approximate surface area is 187 Å². The van der Waals surface area contributed by atoms with Gasteiger partial charge in [-0.1, -0.05) is 12.1 Å². The van der Waals surface area contributed by atoms with E-state index in [0.717, 1.165) is 11.3 Å². The zero-order valence-electron chi connectivity index (χ0n) is 17.0. The number of hydrogen-bond donors (Lipinski definition) is 1. The summed E-state index contributed by atoms with van der Waals surface area (Å²) < 4.78 is 36.0. The first-order valence-electron chi connectivity index (χ1n) is 9.95. The number of amides is 1. The standard InChI is InChI=1S/C23H20F2N4O2S/c24-17-5-3-16(4-6-17)14-21-27-23(32-28-21)29(15-20-2-1-13-31-20)12-11-22(30)26-19-9-7-18(25)8-10-19/h1-10,13H,11-12,14-15H2,(H,26,30). The van der Waals surface area contributed by atoms with Crippen molar-refractivity contribution < 1.29 is 18.0 Å². The minimum absolute atomic E-state index is 0.197. The molecular weight excluding hydrogens is 434 g/mol. The van der Waals surface area contributed by atoms with E-state index >= 15 is 0 Å². The first kappa shape index (κ1) is 21.6. The summed E-state index contributed by atoms with van der Waals surface area (Å²) in [6, 6.07) is 15.5. The second-order valence-electron chi connectivity index (χ2n) is 7.10. The van der Waals surface area contributed by atoms with Gasteiger partial charge in [0.1, 0.15) is 23.2 Å². The number of carbonyl (C=O) groups is 1. The number of furan rings is 1. The zero-order valence-corrected chi connectivity index (χ0v) is 17.8. The molecule has 0 fully saturated rings. The molecule has 0 aliphatic carbocycles. The van der Waals surface area contributed by atoms with Gasteiger partial charge in [0.15, 0.2) is 0 Å². The van der Waals surface area contributed by atoms with Gasteiger partial charge >= 0.3 is 0 Å². The van der Waals surface area contributed by atoms with Crippen molar-refractivity contribution in [1.82, 2.24) is 9.36 Å². The Morgan fingerprint density at radius 1 is 1.03 bits per heavy atom. The van der Waals surface area contributed by atoms with Crippen LogP contribution in [0.3, 0.4) is 0 Å². The predicted molar refractivity (Wildman–Crippen MR) is 119 cm³/mol. The molecule has 32 heavy (non-hydrogen) atoms. The van der Waals surface area contributed by atoms with Crippen molar-refractivity contribution in [1.29, 1.82) is 0 Å². The summed E-state index contributed by atoms with van der Waals surface area (Å²) in [6.45, 7) is 0.820. The molecule has 2 aromatic carbocycles. The Morgan fingerprint density at radius 2 is 1.75 bits per heavy atom. The lowest BCUT2D eigenvalue weighted by Gasteiger charge is -2.20. The number of halogens is 2. The van der Waals surface area contributed by atoms with Crippen molar-refractivity contribution in [3.05, 3.63) is 95.7 Å². The van der Waals surface area contributed by atoms with Crippen LogP contribution in [-0.2, 0) is 17.8 Å². The maximum Gasteiger partial charge on any atom is 0.226 e. The van der Waals surface area contributed by atoms with Gasteiger partial charge in [-0.3, -0.25) is 4.79 Å². The third-order valence-corrected chi connectivity index (χ3v) is 5.48. The molecule has 0 saturated carbocycles. The molecule has 4 rings (SSSR count). The third-order valence-electron chi connectivity index (χ3n) is 4.67. The number of aromatic nitrogens is 2. The average molecular weight is 455 g/mol. The van der Waals surface area contributed by atoms with Crippen molar-refractivity contribution in [3.8, 4) is 0 Å². The van der Waals surface area contributed by atoms with Crippen LogP contribution in [0.15, 0.2) is 71.3 Å². The van der Waals surface area contributed by atoms with E-state index < -0.39 is 0 Å². The third kappa shape index (κ3) is 5.98. The van der Waals surface area contributed by atoms with E-state index in [2.05, 4.69) is 14.7 Å². The molecule has 0 spiro atoms. The van der Waals surface area contributed by atoms with Gasteiger partial charge in [-0.05, 0) is 54.1 Å². The molecule has 0 aliphatic heterocycles. The van der Waals surface area contributed by atoms with Crippen LogP contribution in [0.5, 0.6) is 0 Å². The fraction of sp³-hybridized carbons (Fsp3) is 0.174. The first-order chi connectivity index (χ1) is 15.5. The van der Waals surface area contributed by atoms with E-state index in [1.54, 1.807) is 24.5 Å². The van der Waals surface area contributed by atoms with E-state index in [1.165, 1.54) is 47.9 Å². The van der Waals surface area contributed by atoms with Gasteiger partial charge in [-0.25, -0.2) is 13.8 Å². The minimum atomic E-state index is -0.361. The van der Waals surface area contributed by atoms with E-state index in [-0.39, 0.29) is 24.0 Å². The van der Waals surface area contributed by atoms with Crippen molar-refractivity contribution in [3.63, 3.8) is 0 Å². The number of nitrogens with zero attached hydrogens (tertiary/aromatic N) is 3. The fourth-order valence-electron chi connectivity index (χ4n) is 3.06. The van der Waals surface area contributed by atoms with Crippen molar-refractivity contribution >= 4 is 28.3 Å². The Morgan fingerprint density at radius 3 is 2.44 bits per heavy atom. The molecule has 4 aromatic rings. The van der Waals surface area contributed by atoms with Crippen molar-refractivity contribution in [2.24, 2.45) is 0 Å². The zero-order chi connectivity index (χ0) is 22.3. The molecule has 0 aliphatic rings. The Balaban J connectivity index is 1.42. The number of hydrogen-bond acceptors (Lipinski definition) is 6. The monoisotopic (exact) mass is 454 g/mol. The summed E-state index contributed by atoms with van der Waals surface area (Å²) in [5.74, 6) is 0.512. The van der Waals surface area contributed by atoms with Crippen LogP contribution in [0.4, 0.5) is 19.6 Å². The second kappa shape index (κ2) is 10.1. The summed E-state index contributed by atoms with van der Waals surface area (Å²) in [5, 5.41) is 3.42. The maximum atomic E-state index is 13.1. The highest BCUT2D eigenvalue weighted by atomic mass is 32.1. The summed E-state index contributed by atoms with van der Waals surface area (Å²) in [5.41, 5.74) is 1.44. The van der Waals surface area contributed by atoms with Crippen LogP contribution >= 0.6 is 11.5 Å². The fourth-order valence-corrected chi connectivity index (χ4v) is 3.77. The molecule has 1 N–H and O–H groups in total. The Kier molecular flexibility index (Phi) is 6.86. The summed E-state index contributed by atoms with van der Waals surface area (Å²) in [6.07, 6.45) is 2.27. The molecule has 0 radical (unpaired) electrons. The van der Waals surface area contributed by atoms with E-state index in [9.17, 15) is 13.6 Å². The molecule has 0 bridgehead atoms. The smallest absolute Gasteiger partial charge is 0.226 e. The highest BCUT2D eigenvalue weighted by molar-refractivity contribution is 7.09. The lowest BCUT2D eigenvalue weighted by atomic mass is 10.1. The maximum absolute atomic E-state index is 13.1. The number of anilines is 2. The van der Waals surface area contributed by atoms with E-state index in [1.807, 2.05) is 11.0 Å². The van der Waals surface area contributed by atoms with Crippen molar-refractivity contribution in [2.75, 3.05) is 16.8 Å². The summed E-state index contributed by atoms with van der Waals surface area (Å²) in [4.78, 5) is 18.9. The molecule has 0 atom stereocenters. The molecule has 6 nitrogen and oxygen atoms in total. The van der Waals surface area contributed by atoms with Gasteiger partial charge in [0.05, 0.1) is 12.8 Å². The number of carbonyl (C=O) groups excluding carboxylic acids is 1. The minimum Gasteiger partial charge on any atom is -0.467 e. The van der Waals surface area contributed by atoms with Gasteiger partial charge in [-0.15, -0.1) is 0 Å². The normalized spacial score (nSPS) is 10.8. The quantitative estimate of drug-likeness (QED) is 0.384. The number of benzene rings is 2. The lowest BCUT2D eigenvalue weighted by Crippen LogP contribution is -2.27. The van der Waals surface area contributed by atoms with Crippen molar-refractivity contribution in [2.45, 2.75) is 19.4 Å². The predicted octanol–water partition coefficient (Wildman–Crippen LogP) is 5.04. The molecule has 0 unspecified atom stereocenters. The van der Waals surface area contributed by atoms with Crippen LogP contribution in [-0.4, -0.2) is 21.8 Å². The van der Waals surface area contributed by atoms with Crippen LogP contribution in [0.2, 0.25) is 0 Å². The molecule has 164 valence electrons. The molecule has 1 amide bonds.